The highest BCUT2D eigenvalue weighted by atomic mass is 14.9. The van der Waals surface area contributed by atoms with Gasteiger partial charge in [-0.05, 0) is 47.9 Å². The van der Waals surface area contributed by atoms with Crippen LogP contribution in [0.25, 0.3) is 0 Å². The predicted octanol–water partition coefficient (Wildman–Crippen LogP) is 4.42. The first-order valence-corrected chi connectivity index (χ1v) is 7.76. The Morgan fingerprint density at radius 2 is 1.75 bits per heavy atom. The third-order valence-corrected chi connectivity index (χ3v) is 4.41. The van der Waals surface area contributed by atoms with Crippen molar-refractivity contribution in [3.05, 3.63) is 70.8 Å². The molecule has 0 aromatic heterocycles. The molecule has 0 aliphatic heterocycles. The topological polar surface area (TPSA) is 12.0 Å². The SMILES string of the molecule is CCc1ccccc1CNC1CCCc2ccccc21. The molecule has 1 atom stereocenters. The molecule has 1 unspecified atom stereocenters. The maximum atomic E-state index is 3.77. The Morgan fingerprint density at radius 3 is 2.60 bits per heavy atom. The van der Waals surface area contributed by atoms with Gasteiger partial charge >= 0.3 is 0 Å². The Hall–Kier alpha value is -1.60. The highest BCUT2D eigenvalue weighted by Crippen LogP contribution is 2.29. The maximum Gasteiger partial charge on any atom is 0.0326 e. The predicted molar refractivity (Wildman–Crippen MR) is 84.8 cm³/mol. The maximum absolute atomic E-state index is 3.77. The van der Waals surface area contributed by atoms with Gasteiger partial charge in [0, 0.05) is 12.6 Å². The van der Waals surface area contributed by atoms with Crippen LogP contribution in [0.4, 0.5) is 0 Å². The first-order valence-electron chi connectivity index (χ1n) is 7.76. The monoisotopic (exact) mass is 265 g/mol. The summed E-state index contributed by atoms with van der Waals surface area (Å²) in [5, 5.41) is 3.77. The van der Waals surface area contributed by atoms with Crippen LogP contribution in [0.1, 0.15) is 48.1 Å². The molecule has 0 spiro atoms. The van der Waals surface area contributed by atoms with Gasteiger partial charge in [-0.15, -0.1) is 0 Å². The van der Waals surface area contributed by atoms with Crippen molar-refractivity contribution in [1.82, 2.24) is 5.32 Å². The van der Waals surface area contributed by atoms with E-state index in [0.29, 0.717) is 6.04 Å². The lowest BCUT2D eigenvalue weighted by Gasteiger charge is -2.27. The summed E-state index contributed by atoms with van der Waals surface area (Å²) < 4.78 is 0. The molecule has 0 bridgehead atoms. The van der Waals surface area contributed by atoms with Crippen molar-refractivity contribution in [2.45, 2.75) is 45.2 Å². The molecule has 0 saturated carbocycles. The summed E-state index contributed by atoms with van der Waals surface area (Å²) in [6.07, 6.45) is 4.90. The van der Waals surface area contributed by atoms with E-state index in [1.165, 1.54) is 41.5 Å². The third-order valence-electron chi connectivity index (χ3n) is 4.41. The number of benzene rings is 2. The molecule has 20 heavy (non-hydrogen) atoms. The quantitative estimate of drug-likeness (QED) is 0.863. The molecule has 1 aliphatic rings. The van der Waals surface area contributed by atoms with Gasteiger partial charge in [0.1, 0.15) is 0 Å². The molecule has 104 valence electrons. The lowest BCUT2D eigenvalue weighted by atomic mass is 9.87. The number of fused-ring (bicyclic) bond motifs is 1. The van der Waals surface area contributed by atoms with E-state index < -0.39 is 0 Å². The van der Waals surface area contributed by atoms with Crippen LogP contribution in [-0.4, -0.2) is 0 Å². The lowest BCUT2D eigenvalue weighted by Crippen LogP contribution is -2.25. The summed E-state index contributed by atoms with van der Waals surface area (Å²) in [5.41, 5.74) is 5.94. The largest absolute Gasteiger partial charge is 0.306 e. The van der Waals surface area contributed by atoms with Gasteiger partial charge in [-0.1, -0.05) is 55.5 Å². The summed E-state index contributed by atoms with van der Waals surface area (Å²) in [7, 11) is 0. The highest BCUT2D eigenvalue weighted by molar-refractivity contribution is 5.33. The Labute approximate surface area is 122 Å². The average molecular weight is 265 g/mol. The molecule has 1 aliphatic carbocycles. The van der Waals surface area contributed by atoms with Gasteiger partial charge < -0.3 is 5.32 Å². The molecule has 0 amide bonds. The fraction of sp³-hybridized carbons (Fsp3) is 0.368. The molecule has 0 fully saturated rings. The van der Waals surface area contributed by atoms with E-state index in [-0.39, 0.29) is 0 Å². The summed E-state index contributed by atoms with van der Waals surface area (Å²) in [6, 6.07) is 18.2. The van der Waals surface area contributed by atoms with E-state index in [1.807, 2.05) is 0 Å². The zero-order valence-corrected chi connectivity index (χ0v) is 12.2. The van der Waals surface area contributed by atoms with Gasteiger partial charge in [0.2, 0.25) is 0 Å². The number of hydrogen-bond acceptors (Lipinski definition) is 1. The van der Waals surface area contributed by atoms with Crippen molar-refractivity contribution in [2.75, 3.05) is 0 Å². The molecule has 1 N–H and O–H groups in total. The zero-order chi connectivity index (χ0) is 13.8. The van der Waals surface area contributed by atoms with Crippen LogP contribution in [0, 0.1) is 0 Å². The Kier molecular flexibility index (Phi) is 4.17. The number of rotatable bonds is 4. The first-order chi connectivity index (χ1) is 9.88. The van der Waals surface area contributed by atoms with Gasteiger partial charge in [0.05, 0.1) is 0 Å². The molecule has 1 heteroatoms. The molecular formula is C19H23N. The van der Waals surface area contributed by atoms with Crippen LogP contribution in [-0.2, 0) is 19.4 Å². The zero-order valence-electron chi connectivity index (χ0n) is 12.2. The van der Waals surface area contributed by atoms with Crippen LogP contribution in [0.15, 0.2) is 48.5 Å². The summed E-state index contributed by atoms with van der Waals surface area (Å²) >= 11 is 0. The van der Waals surface area contributed by atoms with Gasteiger partial charge in [0.15, 0.2) is 0 Å². The fourth-order valence-corrected chi connectivity index (χ4v) is 3.27. The minimum Gasteiger partial charge on any atom is -0.306 e. The van der Waals surface area contributed by atoms with Crippen LogP contribution in [0.5, 0.6) is 0 Å². The van der Waals surface area contributed by atoms with Crippen molar-refractivity contribution in [2.24, 2.45) is 0 Å². The minimum atomic E-state index is 0.518. The van der Waals surface area contributed by atoms with E-state index in [0.717, 1.165) is 13.0 Å². The second kappa shape index (κ2) is 6.23. The van der Waals surface area contributed by atoms with Gasteiger partial charge in [-0.25, -0.2) is 0 Å². The average Bonchev–Trinajstić information content (AvgIpc) is 2.53. The van der Waals surface area contributed by atoms with Crippen LogP contribution in [0.3, 0.4) is 0 Å². The van der Waals surface area contributed by atoms with E-state index in [1.54, 1.807) is 0 Å². The molecule has 2 aromatic rings. The summed E-state index contributed by atoms with van der Waals surface area (Å²) in [4.78, 5) is 0. The van der Waals surface area contributed by atoms with E-state index in [4.69, 9.17) is 0 Å². The van der Waals surface area contributed by atoms with Crippen molar-refractivity contribution < 1.29 is 0 Å². The van der Waals surface area contributed by atoms with Crippen LogP contribution in [0.2, 0.25) is 0 Å². The van der Waals surface area contributed by atoms with Crippen molar-refractivity contribution in [1.29, 1.82) is 0 Å². The number of aryl methyl sites for hydroxylation is 2. The van der Waals surface area contributed by atoms with Crippen molar-refractivity contribution in [3.63, 3.8) is 0 Å². The second-order valence-electron chi connectivity index (χ2n) is 5.65. The van der Waals surface area contributed by atoms with Gasteiger partial charge in [0.25, 0.3) is 0 Å². The summed E-state index contributed by atoms with van der Waals surface area (Å²) in [6.45, 7) is 3.21. The smallest absolute Gasteiger partial charge is 0.0326 e. The van der Waals surface area contributed by atoms with Crippen molar-refractivity contribution in [3.8, 4) is 0 Å². The second-order valence-corrected chi connectivity index (χ2v) is 5.65. The molecule has 3 rings (SSSR count). The first kappa shape index (κ1) is 13.4. The fourth-order valence-electron chi connectivity index (χ4n) is 3.27. The molecule has 1 nitrogen and oxygen atoms in total. The lowest BCUT2D eigenvalue weighted by molar-refractivity contribution is 0.458. The standard InChI is InChI=1S/C19H23N/c1-2-15-8-3-4-10-17(15)14-20-19-13-7-11-16-9-5-6-12-18(16)19/h3-6,8-10,12,19-20H,2,7,11,13-14H2,1H3. The van der Waals surface area contributed by atoms with Crippen LogP contribution >= 0.6 is 0 Å². The van der Waals surface area contributed by atoms with Crippen LogP contribution < -0.4 is 5.32 Å². The van der Waals surface area contributed by atoms with E-state index >= 15 is 0 Å². The molecule has 0 saturated heterocycles. The van der Waals surface area contributed by atoms with Gasteiger partial charge in [-0.3, -0.25) is 0 Å². The number of nitrogens with one attached hydrogen (secondary N) is 1. The Bertz CT molecular complexity index is 573. The highest BCUT2D eigenvalue weighted by Gasteiger charge is 2.19. The molecular weight excluding hydrogens is 242 g/mol. The molecule has 0 radical (unpaired) electrons. The molecule has 2 aromatic carbocycles. The Morgan fingerprint density at radius 1 is 1.00 bits per heavy atom. The van der Waals surface area contributed by atoms with Crippen molar-refractivity contribution >= 4 is 0 Å². The van der Waals surface area contributed by atoms with E-state index in [9.17, 15) is 0 Å². The Balaban J connectivity index is 1.73. The third kappa shape index (κ3) is 2.78. The minimum absolute atomic E-state index is 0.518. The number of hydrogen-bond donors (Lipinski definition) is 1. The van der Waals surface area contributed by atoms with E-state index in [2.05, 4.69) is 60.8 Å². The summed E-state index contributed by atoms with van der Waals surface area (Å²) in [5.74, 6) is 0. The van der Waals surface area contributed by atoms with Gasteiger partial charge in [-0.2, -0.15) is 0 Å². The normalized spacial score (nSPS) is 17.8. The molecule has 0 heterocycles.